The summed E-state index contributed by atoms with van der Waals surface area (Å²) in [4.78, 5) is 0. The van der Waals surface area contributed by atoms with Crippen LogP contribution in [0.4, 0.5) is 0 Å². The zero-order valence-corrected chi connectivity index (χ0v) is 18.9. The molecule has 4 fully saturated rings. The Balaban J connectivity index is 0.000000614. The van der Waals surface area contributed by atoms with E-state index in [-0.39, 0.29) is 0 Å². The van der Waals surface area contributed by atoms with E-state index in [2.05, 4.69) is 34.3 Å². The summed E-state index contributed by atoms with van der Waals surface area (Å²) in [5.74, 6) is 5.90. The van der Waals surface area contributed by atoms with E-state index in [1.165, 1.54) is 56.9 Å². The van der Waals surface area contributed by atoms with Crippen molar-refractivity contribution in [3.63, 3.8) is 0 Å². The number of rotatable bonds is 1. The quantitative estimate of drug-likeness (QED) is 0.276. The Morgan fingerprint density at radius 2 is 1.44 bits per heavy atom. The fourth-order valence-electron chi connectivity index (χ4n) is 8.28. The number of hydrogen-bond donors (Lipinski definition) is 2. The van der Waals surface area contributed by atoms with Crippen LogP contribution in [-0.4, -0.2) is 10.5 Å². The predicted molar refractivity (Wildman–Crippen MR) is 116 cm³/mol. The first-order valence-corrected chi connectivity index (χ1v) is 11.7. The van der Waals surface area contributed by atoms with Gasteiger partial charge in [-0.1, -0.05) is 53.2 Å². The number of allylic oxidation sites excluding steroid dienone is 1. The van der Waals surface area contributed by atoms with Gasteiger partial charge in [-0.3, -0.25) is 10.5 Å². The molecule has 0 aromatic carbocycles. The molecule has 158 valence electrons. The second kappa shape index (κ2) is 8.99. The minimum absolute atomic E-state index is 0.582. The second-order valence-corrected chi connectivity index (χ2v) is 10.6. The molecule has 0 aliphatic heterocycles. The molecule has 0 bridgehead atoms. The highest BCUT2D eigenvalue weighted by Gasteiger charge is 2.59. The van der Waals surface area contributed by atoms with Crippen LogP contribution in [0.5, 0.6) is 0 Å². The van der Waals surface area contributed by atoms with E-state index < -0.39 is 0 Å². The molecule has 27 heavy (non-hydrogen) atoms. The first-order valence-electron chi connectivity index (χ1n) is 11.7. The predicted octanol–water partition coefficient (Wildman–Crippen LogP) is 7.90. The van der Waals surface area contributed by atoms with Crippen LogP contribution < -0.4 is 0 Å². The molecule has 0 heterocycles. The summed E-state index contributed by atoms with van der Waals surface area (Å²) in [5.41, 5.74) is 2.73. The molecule has 0 aromatic rings. The van der Waals surface area contributed by atoms with E-state index in [0.29, 0.717) is 10.8 Å². The van der Waals surface area contributed by atoms with Gasteiger partial charge in [0.2, 0.25) is 0 Å². The van der Waals surface area contributed by atoms with Gasteiger partial charge >= 0.3 is 0 Å². The Morgan fingerprint density at radius 3 is 2.07 bits per heavy atom. The standard InChI is InChI=1S/C23H38.C2H6.H2O2/c1-15(2)19-8-9-20-18-7-6-17-14-16(3)10-12-22(17,4)21(18)11-13-23(19,20)5;2*1-2/h16-21H,1,6-14H2,2-5H3;1-2H3;1-2H. The molecule has 4 saturated carbocycles. The van der Waals surface area contributed by atoms with Gasteiger partial charge in [0.1, 0.15) is 0 Å². The summed E-state index contributed by atoms with van der Waals surface area (Å²) in [6.07, 6.45) is 13.5. The molecule has 0 amide bonds. The van der Waals surface area contributed by atoms with Gasteiger partial charge in [0.15, 0.2) is 0 Å². The van der Waals surface area contributed by atoms with Gasteiger partial charge in [-0.2, -0.15) is 0 Å². The third-order valence-electron chi connectivity index (χ3n) is 9.52. The molecule has 4 aliphatic rings. The van der Waals surface area contributed by atoms with Crippen molar-refractivity contribution in [2.75, 3.05) is 0 Å². The summed E-state index contributed by atoms with van der Waals surface area (Å²) in [7, 11) is 0. The Morgan fingerprint density at radius 1 is 0.852 bits per heavy atom. The topological polar surface area (TPSA) is 40.5 Å². The highest BCUT2D eigenvalue weighted by molar-refractivity contribution is 5.15. The van der Waals surface area contributed by atoms with Gasteiger partial charge in [-0.15, -0.1) is 0 Å². The van der Waals surface area contributed by atoms with Crippen LogP contribution in [0.15, 0.2) is 12.2 Å². The Labute approximate surface area is 168 Å². The van der Waals surface area contributed by atoms with Crippen LogP contribution in [0.2, 0.25) is 0 Å². The number of fused-ring (bicyclic) bond motifs is 5. The van der Waals surface area contributed by atoms with Gasteiger partial charge < -0.3 is 0 Å². The molecule has 0 aromatic heterocycles. The molecular formula is C25H46O2. The summed E-state index contributed by atoms with van der Waals surface area (Å²) in [6, 6.07) is 0. The number of hydrogen-bond acceptors (Lipinski definition) is 2. The molecule has 2 nitrogen and oxygen atoms in total. The van der Waals surface area contributed by atoms with Gasteiger partial charge in [0, 0.05) is 0 Å². The zero-order valence-electron chi connectivity index (χ0n) is 18.9. The molecular weight excluding hydrogens is 332 g/mol. The van der Waals surface area contributed by atoms with Gasteiger partial charge in [-0.25, -0.2) is 0 Å². The molecule has 0 saturated heterocycles. The monoisotopic (exact) mass is 378 g/mol. The lowest BCUT2D eigenvalue weighted by Crippen LogP contribution is -2.53. The maximum atomic E-state index is 6.00. The summed E-state index contributed by atoms with van der Waals surface area (Å²) < 4.78 is 0. The SMILES string of the molecule is C=C(C)C1CCC2C3CCC4CC(C)CCC4(C)C3CCC12C.CC.OO. The van der Waals surface area contributed by atoms with Crippen LogP contribution in [0.1, 0.15) is 99.3 Å². The summed E-state index contributed by atoms with van der Waals surface area (Å²) in [6.45, 7) is 18.5. The average Bonchev–Trinajstić information content (AvgIpc) is 3.03. The van der Waals surface area contributed by atoms with Gasteiger partial charge in [0.05, 0.1) is 0 Å². The minimum atomic E-state index is 0.582. The van der Waals surface area contributed by atoms with E-state index in [4.69, 9.17) is 10.5 Å². The van der Waals surface area contributed by atoms with E-state index in [9.17, 15) is 0 Å². The highest BCUT2D eigenvalue weighted by Crippen LogP contribution is 2.68. The van der Waals surface area contributed by atoms with E-state index >= 15 is 0 Å². The molecule has 0 spiro atoms. The maximum Gasteiger partial charge on any atom is -0.0152 e. The van der Waals surface area contributed by atoms with Crippen molar-refractivity contribution in [1.29, 1.82) is 0 Å². The third-order valence-corrected chi connectivity index (χ3v) is 9.52. The first kappa shape index (κ1) is 22.9. The fourth-order valence-corrected chi connectivity index (χ4v) is 8.28. The smallest absolute Gasteiger partial charge is 0.0152 e. The fraction of sp³-hybridized carbons (Fsp3) is 0.920. The third kappa shape index (κ3) is 3.78. The van der Waals surface area contributed by atoms with Crippen LogP contribution in [0.3, 0.4) is 0 Å². The van der Waals surface area contributed by atoms with Crippen LogP contribution in [-0.2, 0) is 0 Å². The van der Waals surface area contributed by atoms with Crippen molar-refractivity contribution in [3.8, 4) is 0 Å². The molecule has 2 N–H and O–H groups in total. The van der Waals surface area contributed by atoms with Crippen molar-refractivity contribution in [1.82, 2.24) is 0 Å². The molecule has 8 unspecified atom stereocenters. The maximum absolute atomic E-state index is 6.00. The van der Waals surface area contributed by atoms with Gasteiger partial charge in [-0.05, 0) is 105 Å². The van der Waals surface area contributed by atoms with Gasteiger partial charge in [0.25, 0.3) is 0 Å². The van der Waals surface area contributed by atoms with E-state index in [0.717, 1.165) is 35.5 Å². The van der Waals surface area contributed by atoms with Crippen molar-refractivity contribution >= 4 is 0 Å². The van der Waals surface area contributed by atoms with Crippen molar-refractivity contribution < 1.29 is 10.5 Å². The lowest BCUT2D eigenvalue weighted by molar-refractivity contribution is -0.176. The highest BCUT2D eigenvalue weighted by atomic mass is 17.0. The summed E-state index contributed by atoms with van der Waals surface area (Å²) >= 11 is 0. The molecule has 8 atom stereocenters. The zero-order chi connectivity index (χ0) is 20.4. The molecule has 2 heteroatoms. The average molecular weight is 379 g/mol. The lowest BCUT2D eigenvalue weighted by atomic mass is 9.44. The van der Waals surface area contributed by atoms with E-state index in [1.54, 1.807) is 6.42 Å². The molecule has 4 rings (SSSR count). The van der Waals surface area contributed by atoms with Crippen LogP contribution in [0, 0.1) is 46.3 Å². The Hall–Kier alpha value is -0.340. The summed E-state index contributed by atoms with van der Waals surface area (Å²) in [5, 5.41) is 12.0. The Kier molecular flexibility index (Phi) is 7.64. The minimum Gasteiger partial charge on any atom is -0.255 e. The van der Waals surface area contributed by atoms with Crippen LogP contribution >= 0.6 is 0 Å². The molecule has 4 aliphatic carbocycles. The normalized spacial score (nSPS) is 47.9. The van der Waals surface area contributed by atoms with Crippen molar-refractivity contribution in [2.24, 2.45) is 46.3 Å². The van der Waals surface area contributed by atoms with Crippen molar-refractivity contribution in [3.05, 3.63) is 12.2 Å². The van der Waals surface area contributed by atoms with Crippen molar-refractivity contribution in [2.45, 2.75) is 99.3 Å². The van der Waals surface area contributed by atoms with E-state index in [1.807, 2.05) is 13.8 Å². The Bertz CT molecular complexity index is 501. The lowest BCUT2D eigenvalue weighted by Gasteiger charge is -2.61. The first-order chi connectivity index (χ1) is 12.9. The van der Waals surface area contributed by atoms with Crippen LogP contribution in [0.25, 0.3) is 0 Å². The largest absolute Gasteiger partial charge is 0.255 e. The molecule has 0 radical (unpaired) electrons. The second-order valence-electron chi connectivity index (χ2n) is 10.6.